The maximum atomic E-state index is 13.4. The summed E-state index contributed by atoms with van der Waals surface area (Å²) >= 11 is 0. The van der Waals surface area contributed by atoms with Crippen molar-refractivity contribution in [3.8, 4) is 5.75 Å². The van der Waals surface area contributed by atoms with E-state index in [2.05, 4.69) is 10.1 Å². The fourth-order valence-electron chi connectivity index (χ4n) is 1.69. The number of esters is 1. The van der Waals surface area contributed by atoms with Gasteiger partial charge in [0.2, 0.25) is 0 Å². The summed E-state index contributed by atoms with van der Waals surface area (Å²) in [6, 6.07) is 4.46. The average Bonchev–Trinajstić information content (AvgIpc) is 2.41. The van der Waals surface area contributed by atoms with Gasteiger partial charge in [-0.3, -0.25) is 4.79 Å². The number of halogens is 1. The minimum Gasteiger partial charge on any atom is -0.493 e. The largest absolute Gasteiger partial charge is 0.493 e. The first-order chi connectivity index (χ1) is 9.81. The van der Waals surface area contributed by atoms with Crippen molar-refractivity contribution < 1.29 is 18.7 Å². The fraction of sp³-hybridized carbons (Fsp3) is 0.562. The van der Waals surface area contributed by atoms with E-state index in [0.29, 0.717) is 31.7 Å². The number of methoxy groups -OCH3 is 1. The number of carbonyl (C=O) groups is 1. The first kappa shape index (κ1) is 17.4. The van der Waals surface area contributed by atoms with Crippen LogP contribution in [0.5, 0.6) is 5.75 Å². The van der Waals surface area contributed by atoms with E-state index in [1.54, 1.807) is 6.07 Å². The molecule has 21 heavy (non-hydrogen) atoms. The molecule has 0 fully saturated rings. The second-order valence-corrected chi connectivity index (χ2v) is 5.88. The molecular formula is C16H24FNO3. The van der Waals surface area contributed by atoms with Crippen LogP contribution in [-0.2, 0) is 16.1 Å². The van der Waals surface area contributed by atoms with Gasteiger partial charge in [0.05, 0.1) is 13.7 Å². The molecule has 0 aliphatic rings. The van der Waals surface area contributed by atoms with Crippen LogP contribution in [0.4, 0.5) is 4.39 Å². The highest BCUT2D eigenvalue weighted by atomic mass is 19.1. The van der Waals surface area contributed by atoms with Gasteiger partial charge >= 0.3 is 5.97 Å². The average molecular weight is 297 g/mol. The highest BCUT2D eigenvalue weighted by Crippen LogP contribution is 2.21. The lowest BCUT2D eigenvalue weighted by molar-refractivity contribution is -0.140. The smallest absolute Gasteiger partial charge is 0.305 e. The van der Waals surface area contributed by atoms with Crippen LogP contribution >= 0.6 is 0 Å². The van der Waals surface area contributed by atoms with Crippen molar-refractivity contribution in [1.82, 2.24) is 5.32 Å². The Balaban J connectivity index is 2.58. The van der Waals surface area contributed by atoms with E-state index in [0.717, 1.165) is 5.56 Å². The molecule has 0 unspecified atom stereocenters. The normalized spacial score (nSPS) is 11.3. The summed E-state index contributed by atoms with van der Waals surface area (Å²) in [5.41, 5.74) is 0.706. The number of hydrogen-bond donors (Lipinski definition) is 1. The Morgan fingerprint density at radius 2 is 2.05 bits per heavy atom. The predicted octanol–water partition coefficient (Wildman–Crippen LogP) is 3.05. The molecule has 0 aromatic heterocycles. The molecule has 0 spiro atoms. The van der Waals surface area contributed by atoms with Crippen LogP contribution in [-0.4, -0.2) is 25.2 Å². The lowest BCUT2D eigenvalue weighted by atomic mass is 10.1. The molecule has 4 nitrogen and oxygen atoms in total. The molecule has 118 valence electrons. The highest BCUT2D eigenvalue weighted by molar-refractivity contribution is 5.69. The quantitative estimate of drug-likeness (QED) is 0.621. The lowest BCUT2D eigenvalue weighted by Crippen LogP contribution is -2.35. The molecule has 1 rings (SSSR count). The van der Waals surface area contributed by atoms with Crippen LogP contribution in [0.3, 0.4) is 0 Å². The molecule has 0 aliphatic heterocycles. The Morgan fingerprint density at radius 3 is 2.67 bits per heavy atom. The minimum atomic E-state index is -0.289. The van der Waals surface area contributed by atoms with E-state index >= 15 is 0 Å². The van der Waals surface area contributed by atoms with E-state index in [4.69, 9.17) is 4.74 Å². The number of benzene rings is 1. The number of carbonyl (C=O) groups excluding carboxylic acids is 1. The molecule has 0 atom stereocenters. The van der Waals surface area contributed by atoms with Crippen molar-refractivity contribution in [2.45, 2.75) is 45.7 Å². The molecular weight excluding hydrogens is 273 g/mol. The first-order valence-corrected chi connectivity index (χ1v) is 7.05. The van der Waals surface area contributed by atoms with Gasteiger partial charge in [-0.15, -0.1) is 0 Å². The predicted molar refractivity (Wildman–Crippen MR) is 79.7 cm³/mol. The lowest BCUT2D eigenvalue weighted by Gasteiger charge is -2.21. The summed E-state index contributed by atoms with van der Waals surface area (Å²) in [6.07, 6.45) is 0.878. The van der Waals surface area contributed by atoms with E-state index in [-0.39, 0.29) is 17.3 Å². The van der Waals surface area contributed by atoms with Gasteiger partial charge in [-0.05, 0) is 45.4 Å². The zero-order valence-electron chi connectivity index (χ0n) is 13.2. The van der Waals surface area contributed by atoms with Crippen molar-refractivity contribution in [3.63, 3.8) is 0 Å². The number of rotatable bonds is 7. The Labute approximate surface area is 125 Å². The maximum absolute atomic E-state index is 13.4. The summed E-state index contributed by atoms with van der Waals surface area (Å²) in [6.45, 7) is 7.05. The summed E-state index contributed by atoms with van der Waals surface area (Å²) in [7, 11) is 1.36. The molecule has 0 saturated heterocycles. The van der Waals surface area contributed by atoms with Gasteiger partial charge in [0.1, 0.15) is 11.6 Å². The third-order valence-electron chi connectivity index (χ3n) is 2.84. The van der Waals surface area contributed by atoms with Gasteiger partial charge in [-0.25, -0.2) is 4.39 Å². The minimum absolute atomic E-state index is 0.0610. The molecule has 1 aromatic carbocycles. The highest BCUT2D eigenvalue weighted by Gasteiger charge is 2.12. The summed E-state index contributed by atoms with van der Waals surface area (Å²) in [5.74, 6) is 0.0907. The van der Waals surface area contributed by atoms with Crippen LogP contribution in [0, 0.1) is 5.82 Å². The number of nitrogens with one attached hydrogen (secondary N) is 1. The zero-order valence-corrected chi connectivity index (χ0v) is 13.2. The van der Waals surface area contributed by atoms with Crippen LogP contribution in [0.15, 0.2) is 18.2 Å². The summed E-state index contributed by atoms with van der Waals surface area (Å²) in [5, 5.41) is 3.30. The van der Waals surface area contributed by atoms with Gasteiger partial charge in [0.15, 0.2) is 0 Å². The summed E-state index contributed by atoms with van der Waals surface area (Å²) in [4.78, 5) is 11.0. The topological polar surface area (TPSA) is 47.6 Å². The van der Waals surface area contributed by atoms with Crippen molar-refractivity contribution in [1.29, 1.82) is 0 Å². The molecule has 0 saturated carbocycles. The Morgan fingerprint density at radius 1 is 1.33 bits per heavy atom. The van der Waals surface area contributed by atoms with Gasteiger partial charge < -0.3 is 14.8 Å². The standard InChI is InChI=1S/C16H24FNO3/c1-16(2,3)18-11-12-10-13(17)7-8-14(12)21-9-5-6-15(19)20-4/h7-8,10,18H,5-6,9,11H2,1-4H3. The summed E-state index contributed by atoms with van der Waals surface area (Å²) < 4.78 is 23.6. The van der Waals surface area contributed by atoms with E-state index < -0.39 is 0 Å². The Bertz CT molecular complexity index is 469. The third-order valence-corrected chi connectivity index (χ3v) is 2.84. The van der Waals surface area contributed by atoms with Crippen molar-refractivity contribution in [2.24, 2.45) is 0 Å². The van der Waals surface area contributed by atoms with Crippen LogP contribution < -0.4 is 10.1 Å². The van der Waals surface area contributed by atoms with Gasteiger partial charge in [0.25, 0.3) is 0 Å². The van der Waals surface area contributed by atoms with Crippen LogP contribution in [0.1, 0.15) is 39.2 Å². The van der Waals surface area contributed by atoms with E-state index in [1.807, 2.05) is 20.8 Å². The van der Waals surface area contributed by atoms with E-state index in [1.165, 1.54) is 19.2 Å². The molecule has 1 aromatic rings. The van der Waals surface area contributed by atoms with Crippen LogP contribution in [0.25, 0.3) is 0 Å². The van der Waals surface area contributed by atoms with E-state index in [9.17, 15) is 9.18 Å². The molecule has 1 N–H and O–H groups in total. The SMILES string of the molecule is COC(=O)CCCOc1ccc(F)cc1CNC(C)(C)C. The van der Waals surface area contributed by atoms with Gasteiger partial charge in [-0.2, -0.15) is 0 Å². The van der Waals surface area contributed by atoms with Crippen molar-refractivity contribution in [3.05, 3.63) is 29.6 Å². The molecule has 5 heteroatoms. The number of ether oxygens (including phenoxy) is 2. The maximum Gasteiger partial charge on any atom is 0.305 e. The van der Waals surface area contributed by atoms with Crippen LogP contribution in [0.2, 0.25) is 0 Å². The first-order valence-electron chi connectivity index (χ1n) is 7.05. The Hall–Kier alpha value is -1.62. The Kier molecular flexibility index (Phi) is 6.62. The molecule has 0 aliphatic carbocycles. The molecule has 0 amide bonds. The van der Waals surface area contributed by atoms with Gasteiger partial charge in [-0.1, -0.05) is 0 Å². The second kappa shape index (κ2) is 7.98. The molecule has 0 radical (unpaired) electrons. The second-order valence-electron chi connectivity index (χ2n) is 5.88. The fourth-order valence-corrected chi connectivity index (χ4v) is 1.69. The van der Waals surface area contributed by atoms with Crippen molar-refractivity contribution in [2.75, 3.05) is 13.7 Å². The monoisotopic (exact) mass is 297 g/mol. The molecule has 0 heterocycles. The van der Waals surface area contributed by atoms with Gasteiger partial charge in [0, 0.05) is 24.1 Å². The number of hydrogen-bond acceptors (Lipinski definition) is 4. The zero-order chi connectivity index (χ0) is 15.9. The third kappa shape index (κ3) is 7.09. The van der Waals surface area contributed by atoms with Crippen molar-refractivity contribution >= 4 is 5.97 Å². The molecule has 0 bridgehead atoms.